The summed E-state index contributed by atoms with van der Waals surface area (Å²) in [6, 6.07) is 1.92. The summed E-state index contributed by atoms with van der Waals surface area (Å²) in [5.41, 5.74) is 0. The van der Waals surface area contributed by atoms with Crippen LogP contribution in [-0.4, -0.2) is 47.8 Å². The molecule has 1 aliphatic heterocycles. The predicted molar refractivity (Wildman–Crippen MR) is 53.6 cm³/mol. The Morgan fingerprint density at radius 1 is 1.20 bits per heavy atom. The van der Waals surface area contributed by atoms with E-state index in [0.29, 0.717) is 26.2 Å². The lowest BCUT2D eigenvalue weighted by atomic mass is 10.1. The van der Waals surface area contributed by atoms with Crippen molar-refractivity contribution in [3.63, 3.8) is 0 Å². The maximum atomic E-state index is 11.6. The first-order valence-electron chi connectivity index (χ1n) is 5.00. The fraction of sp³-hybridized carbons (Fsp3) is 0.700. The van der Waals surface area contributed by atoms with Gasteiger partial charge < -0.3 is 9.80 Å². The van der Waals surface area contributed by atoms with Crippen LogP contribution < -0.4 is 0 Å². The molecule has 15 heavy (non-hydrogen) atoms. The van der Waals surface area contributed by atoms with Crippen LogP contribution in [-0.2, 0) is 9.59 Å². The first kappa shape index (κ1) is 11.5. The summed E-state index contributed by atoms with van der Waals surface area (Å²) in [5.74, 6) is -0.690. The van der Waals surface area contributed by atoms with Gasteiger partial charge in [-0.3, -0.25) is 9.59 Å². The monoisotopic (exact) mass is 209 g/mol. The van der Waals surface area contributed by atoms with Crippen LogP contribution in [0.3, 0.4) is 0 Å². The van der Waals surface area contributed by atoms with Crippen LogP contribution >= 0.6 is 0 Å². The van der Waals surface area contributed by atoms with Crippen molar-refractivity contribution in [2.45, 2.75) is 13.8 Å². The molecular formula is C10H15N3O2. The highest BCUT2D eigenvalue weighted by Gasteiger charge is 2.25. The molecule has 5 heteroatoms. The second-order valence-electron chi connectivity index (χ2n) is 3.68. The number of hydrogen-bond donors (Lipinski definition) is 0. The van der Waals surface area contributed by atoms with Crippen molar-refractivity contribution in [1.82, 2.24) is 9.80 Å². The van der Waals surface area contributed by atoms with Crippen LogP contribution in [0.25, 0.3) is 0 Å². The number of carbonyl (C=O) groups is 2. The average molecular weight is 209 g/mol. The molecule has 0 N–H and O–H groups in total. The Bertz CT molecular complexity index is 300. The van der Waals surface area contributed by atoms with Gasteiger partial charge in [0.2, 0.25) is 11.8 Å². The van der Waals surface area contributed by atoms with E-state index in [1.807, 2.05) is 6.07 Å². The van der Waals surface area contributed by atoms with Gasteiger partial charge in [0, 0.05) is 33.1 Å². The lowest BCUT2D eigenvalue weighted by Crippen LogP contribution is -2.51. The van der Waals surface area contributed by atoms with Gasteiger partial charge >= 0.3 is 0 Å². The number of hydrogen-bond acceptors (Lipinski definition) is 3. The third-order valence-electron chi connectivity index (χ3n) is 2.60. The standard InChI is InChI=1S/C10H15N3O2/c1-8(7-11)10(15)13-5-3-12(4-6-13)9(2)14/h8H,3-6H2,1-2H3. The quantitative estimate of drug-likeness (QED) is 0.602. The van der Waals surface area contributed by atoms with Crippen LogP contribution in [0.15, 0.2) is 0 Å². The minimum Gasteiger partial charge on any atom is -0.339 e. The fourth-order valence-corrected chi connectivity index (χ4v) is 1.57. The van der Waals surface area contributed by atoms with Gasteiger partial charge in [-0.2, -0.15) is 5.26 Å². The van der Waals surface area contributed by atoms with Gasteiger partial charge in [0.25, 0.3) is 0 Å². The Kier molecular flexibility index (Phi) is 3.67. The zero-order valence-electron chi connectivity index (χ0n) is 9.06. The highest BCUT2D eigenvalue weighted by Crippen LogP contribution is 2.06. The van der Waals surface area contributed by atoms with Crippen LogP contribution in [0, 0.1) is 17.2 Å². The molecule has 0 aromatic heterocycles. The van der Waals surface area contributed by atoms with E-state index in [2.05, 4.69) is 0 Å². The number of rotatable bonds is 1. The molecule has 1 unspecified atom stereocenters. The molecule has 2 amide bonds. The van der Waals surface area contributed by atoms with Crippen LogP contribution in [0.1, 0.15) is 13.8 Å². The normalized spacial score (nSPS) is 18.2. The van der Waals surface area contributed by atoms with Crippen molar-refractivity contribution < 1.29 is 9.59 Å². The second kappa shape index (κ2) is 4.78. The molecule has 0 aromatic rings. The van der Waals surface area contributed by atoms with Gasteiger partial charge in [0.1, 0.15) is 5.92 Å². The van der Waals surface area contributed by atoms with E-state index in [4.69, 9.17) is 5.26 Å². The third-order valence-corrected chi connectivity index (χ3v) is 2.60. The van der Waals surface area contributed by atoms with Gasteiger partial charge in [-0.15, -0.1) is 0 Å². The average Bonchev–Trinajstić information content (AvgIpc) is 2.27. The molecule has 0 saturated carbocycles. The number of amides is 2. The molecule has 5 nitrogen and oxygen atoms in total. The molecule has 0 aliphatic carbocycles. The van der Waals surface area contributed by atoms with Crippen LogP contribution in [0.4, 0.5) is 0 Å². The van der Waals surface area contributed by atoms with Gasteiger partial charge in [0.15, 0.2) is 0 Å². The molecule has 1 aliphatic rings. The fourth-order valence-electron chi connectivity index (χ4n) is 1.57. The Balaban J connectivity index is 2.48. The number of nitrogens with zero attached hydrogens (tertiary/aromatic N) is 3. The number of carbonyl (C=O) groups excluding carboxylic acids is 2. The predicted octanol–water partition coefficient (Wildman–Crippen LogP) is -0.163. The van der Waals surface area contributed by atoms with E-state index in [-0.39, 0.29) is 11.8 Å². The van der Waals surface area contributed by atoms with Gasteiger partial charge in [-0.1, -0.05) is 0 Å². The summed E-state index contributed by atoms with van der Waals surface area (Å²) in [6.07, 6.45) is 0. The molecule has 1 heterocycles. The maximum absolute atomic E-state index is 11.6. The number of nitriles is 1. The molecule has 0 spiro atoms. The van der Waals surface area contributed by atoms with E-state index in [0.717, 1.165) is 0 Å². The van der Waals surface area contributed by atoms with Crippen molar-refractivity contribution in [2.75, 3.05) is 26.2 Å². The molecule has 1 rings (SSSR count). The Morgan fingerprint density at radius 3 is 2.07 bits per heavy atom. The smallest absolute Gasteiger partial charge is 0.239 e. The van der Waals surface area contributed by atoms with Crippen molar-refractivity contribution in [3.8, 4) is 6.07 Å². The Labute approximate surface area is 89.3 Å². The Morgan fingerprint density at radius 2 is 1.67 bits per heavy atom. The summed E-state index contributed by atoms with van der Waals surface area (Å²) in [4.78, 5) is 26.0. The minimum atomic E-state index is -0.589. The molecule has 82 valence electrons. The van der Waals surface area contributed by atoms with E-state index in [1.165, 1.54) is 6.92 Å². The maximum Gasteiger partial charge on any atom is 0.239 e. The lowest BCUT2D eigenvalue weighted by Gasteiger charge is -2.34. The molecular weight excluding hydrogens is 194 g/mol. The van der Waals surface area contributed by atoms with E-state index >= 15 is 0 Å². The zero-order valence-corrected chi connectivity index (χ0v) is 9.06. The highest BCUT2D eigenvalue weighted by atomic mass is 16.2. The topological polar surface area (TPSA) is 64.4 Å². The van der Waals surface area contributed by atoms with Crippen LogP contribution in [0.2, 0.25) is 0 Å². The van der Waals surface area contributed by atoms with E-state index < -0.39 is 5.92 Å². The number of piperazine rings is 1. The molecule has 0 bridgehead atoms. The zero-order chi connectivity index (χ0) is 11.4. The molecule has 0 radical (unpaired) electrons. The third kappa shape index (κ3) is 2.69. The first-order chi connectivity index (χ1) is 7.06. The second-order valence-corrected chi connectivity index (χ2v) is 3.68. The molecule has 1 fully saturated rings. The van der Waals surface area contributed by atoms with Crippen molar-refractivity contribution >= 4 is 11.8 Å². The molecule has 0 aromatic carbocycles. The lowest BCUT2D eigenvalue weighted by molar-refractivity contribution is -0.139. The summed E-state index contributed by atoms with van der Waals surface area (Å²) in [5, 5.41) is 8.61. The SMILES string of the molecule is CC(=O)N1CCN(C(=O)C(C)C#N)CC1. The Hall–Kier alpha value is -1.57. The highest BCUT2D eigenvalue weighted by molar-refractivity contribution is 5.81. The first-order valence-corrected chi connectivity index (χ1v) is 5.00. The van der Waals surface area contributed by atoms with Gasteiger partial charge in [0.05, 0.1) is 6.07 Å². The minimum absolute atomic E-state index is 0.0374. The summed E-state index contributed by atoms with van der Waals surface area (Å²) >= 11 is 0. The van der Waals surface area contributed by atoms with E-state index in [1.54, 1.807) is 16.7 Å². The van der Waals surface area contributed by atoms with Crippen molar-refractivity contribution in [2.24, 2.45) is 5.92 Å². The molecule has 1 saturated heterocycles. The molecule has 1 atom stereocenters. The van der Waals surface area contributed by atoms with Gasteiger partial charge in [-0.05, 0) is 6.92 Å². The summed E-state index contributed by atoms with van der Waals surface area (Å²) in [7, 11) is 0. The largest absolute Gasteiger partial charge is 0.339 e. The van der Waals surface area contributed by atoms with Crippen molar-refractivity contribution in [1.29, 1.82) is 5.26 Å². The van der Waals surface area contributed by atoms with E-state index in [9.17, 15) is 9.59 Å². The summed E-state index contributed by atoms with van der Waals surface area (Å²) in [6.45, 7) is 5.32. The van der Waals surface area contributed by atoms with Gasteiger partial charge in [-0.25, -0.2) is 0 Å². The summed E-state index contributed by atoms with van der Waals surface area (Å²) < 4.78 is 0. The van der Waals surface area contributed by atoms with Crippen molar-refractivity contribution in [3.05, 3.63) is 0 Å². The van der Waals surface area contributed by atoms with Crippen LogP contribution in [0.5, 0.6) is 0 Å².